The van der Waals surface area contributed by atoms with E-state index in [1.54, 1.807) is 0 Å². The van der Waals surface area contributed by atoms with Crippen LogP contribution in [0.5, 0.6) is 0 Å². The molecule has 15 rings (SSSR count). The van der Waals surface area contributed by atoms with Crippen molar-refractivity contribution in [3.05, 3.63) is 320 Å². The van der Waals surface area contributed by atoms with Crippen molar-refractivity contribution in [2.24, 2.45) is 0 Å². The smallest absolute Gasteiger partial charge is 0.264 e. The molecule has 2 aliphatic heterocycles. The van der Waals surface area contributed by atoms with Crippen molar-refractivity contribution in [2.45, 2.75) is 78.6 Å². The zero-order valence-corrected chi connectivity index (χ0v) is 56.5. The molecule has 0 N–H and O–H groups in total. The van der Waals surface area contributed by atoms with E-state index in [0.717, 1.165) is 56.9 Å². The lowest BCUT2D eigenvalue weighted by Gasteiger charge is -2.46. The average Bonchev–Trinajstić information content (AvgIpc) is 1.67. The number of thiophene rings is 1. The van der Waals surface area contributed by atoms with Crippen LogP contribution < -0.4 is 56.0 Å². The molecule has 7 heteroatoms. The van der Waals surface area contributed by atoms with Crippen LogP contribution in [0.3, 0.4) is 0 Å². The highest BCUT2D eigenvalue weighted by molar-refractivity contribution is 7.33. The Kier molecular flexibility index (Phi) is 14.9. The van der Waals surface area contributed by atoms with Gasteiger partial charge in [-0.1, -0.05) is 256 Å². The van der Waals surface area contributed by atoms with Crippen LogP contribution >= 0.6 is 11.3 Å². The van der Waals surface area contributed by atoms with Gasteiger partial charge < -0.3 is 19.6 Å². The van der Waals surface area contributed by atoms with E-state index in [1.165, 1.54) is 74.6 Å². The van der Waals surface area contributed by atoms with Crippen LogP contribution in [0.1, 0.15) is 79.0 Å². The van der Waals surface area contributed by atoms with Gasteiger partial charge in [-0.25, -0.2) is 0 Å². The molecule has 2 aliphatic rings. The summed E-state index contributed by atoms with van der Waals surface area (Å²) in [4.78, 5) is 10.3. The minimum absolute atomic E-state index is 0.0201. The Labute approximate surface area is 555 Å². The number of anilines is 12. The molecule has 3 heterocycles. The summed E-state index contributed by atoms with van der Waals surface area (Å²) < 4.78 is 2.62. The van der Waals surface area contributed by atoms with E-state index >= 15 is 0 Å². The second kappa shape index (κ2) is 23.3. The predicted octanol–water partition coefficient (Wildman–Crippen LogP) is 19.2. The van der Waals surface area contributed by atoms with Gasteiger partial charge in [0.25, 0.3) is 6.71 Å². The van der Waals surface area contributed by atoms with Gasteiger partial charge in [0.15, 0.2) is 8.07 Å². The minimum Gasteiger partial charge on any atom is -0.310 e. The van der Waals surface area contributed by atoms with E-state index < -0.39 is 8.07 Å². The lowest BCUT2D eigenvalue weighted by atomic mass is 9.36. The van der Waals surface area contributed by atoms with Gasteiger partial charge in [0, 0.05) is 66.0 Å². The van der Waals surface area contributed by atoms with Crippen molar-refractivity contribution in [1.29, 1.82) is 0 Å². The maximum Gasteiger partial charge on any atom is 0.264 e. The second-order valence-electron chi connectivity index (χ2n) is 28.2. The van der Waals surface area contributed by atoms with E-state index in [9.17, 15) is 0 Å². The summed E-state index contributed by atoms with van der Waals surface area (Å²) in [6.45, 7) is 20.7. The molecule has 13 aromatic rings. The summed E-state index contributed by atoms with van der Waals surface area (Å²) in [5.41, 5.74) is 19.7. The number of rotatable bonds is 12. The Balaban J connectivity index is 1.12. The van der Waals surface area contributed by atoms with Gasteiger partial charge in [0.2, 0.25) is 0 Å². The summed E-state index contributed by atoms with van der Waals surface area (Å²) in [7, 11) is -3.28. The van der Waals surface area contributed by atoms with Gasteiger partial charge in [-0.15, -0.1) is 11.3 Å². The minimum atomic E-state index is -3.28. The molecule has 0 atom stereocenters. The molecule has 1 aromatic heterocycles. The largest absolute Gasteiger partial charge is 0.310 e. The first-order valence-corrected chi connectivity index (χ1v) is 35.6. The molecule has 4 nitrogen and oxygen atoms in total. The Morgan fingerprint density at radius 2 is 0.753 bits per heavy atom. The fraction of sp³-hybridized carbons (Fsp3) is 0.140. The lowest BCUT2D eigenvalue weighted by molar-refractivity contribution is 0.590. The zero-order chi connectivity index (χ0) is 63.8. The van der Waals surface area contributed by atoms with Gasteiger partial charge in [0.05, 0.1) is 17.1 Å². The van der Waals surface area contributed by atoms with Gasteiger partial charge in [-0.2, -0.15) is 0 Å². The first kappa shape index (κ1) is 59.4. The fourth-order valence-electron chi connectivity index (χ4n) is 14.5. The highest BCUT2D eigenvalue weighted by atomic mass is 32.1. The number of hydrogen-bond acceptors (Lipinski definition) is 5. The SMILES string of the molecule is CC(C)(C)c1ccc(N(c2ccc(C(C)(C)C)cc2)c2ccc3c(c2)N(c2ccccc2N(c2ccccc2)c2ccccc2)c2cc([Si](c4ccccc4)(c4ccccc4)c4ccccc4)cc4c2B3c2sc3ccc(C(C)(C)C)cc3c2N4c2ccccc2)cc1. The molecule has 0 radical (unpaired) electrons. The van der Waals surface area contributed by atoms with Crippen LogP contribution in [-0.2, 0) is 16.2 Å². The summed E-state index contributed by atoms with van der Waals surface area (Å²) in [5, 5.41) is 6.53. The van der Waals surface area contributed by atoms with Crippen LogP contribution in [0, 0.1) is 0 Å². The average molecular weight is 1240 g/mol. The van der Waals surface area contributed by atoms with Crippen molar-refractivity contribution in [2.75, 3.05) is 19.6 Å². The fourth-order valence-corrected chi connectivity index (χ4v) is 20.6. The summed E-state index contributed by atoms with van der Waals surface area (Å²) in [6, 6.07) is 115. The van der Waals surface area contributed by atoms with Crippen molar-refractivity contribution in [3.8, 4) is 0 Å². The van der Waals surface area contributed by atoms with E-state index in [4.69, 9.17) is 0 Å². The monoisotopic (exact) mass is 1240 g/mol. The second-order valence-corrected chi connectivity index (χ2v) is 33.1. The molecule has 0 amide bonds. The van der Waals surface area contributed by atoms with Crippen LogP contribution in [0.4, 0.5) is 68.2 Å². The maximum absolute atomic E-state index is 3.28. The van der Waals surface area contributed by atoms with Crippen molar-refractivity contribution >= 4 is 141 Å². The highest BCUT2D eigenvalue weighted by Gasteiger charge is 2.49. The van der Waals surface area contributed by atoms with Crippen molar-refractivity contribution in [3.63, 3.8) is 0 Å². The first-order valence-electron chi connectivity index (χ1n) is 32.8. The zero-order valence-electron chi connectivity index (χ0n) is 54.6. The summed E-state index contributed by atoms with van der Waals surface area (Å²) in [5.74, 6) is 0. The Morgan fingerprint density at radius 3 is 1.25 bits per heavy atom. The van der Waals surface area contributed by atoms with Crippen molar-refractivity contribution < 1.29 is 0 Å². The predicted molar refractivity (Wildman–Crippen MR) is 405 cm³/mol. The van der Waals surface area contributed by atoms with E-state index in [1.807, 2.05) is 11.3 Å². The van der Waals surface area contributed by atoms with Gasteiger partial charge in [0.1, 0.15) is 0 Å². The summed E-state index contributed by atoms with van der Waals surface area (Å²) in [6.07, 6.45) is 0. The third-order valence-corrected chi connectivity index (χ3v) is 25.2. The molecule has 0 saturated carbocycles. The third kappa shape index (κ3) is 10.4. The molecule has 0 bridgehead atoms. The van der Waals surface area contributed by atoms with Crippen LogP contribution in [0.25, 0.3) is 10.1 Å². The lowest BCUT2D eigenvalue weighted by Crippen LogP contribution is -2.75. The number of para-hydroxylation sites is 5. The van der Waals surface area contributed by atoms with Gasteiger partial charge >= 0.3 is 0 Å². The van der Waals surface area contributed by atoms with E-state index in [2.05, 4.69) is 385 Å². The number of benzene rings is 12. The van der Waals surface area contributed by atoms with E-state index in [-0.39, 0.29) is 23.0 Å². The van der Waals surface area contributed by atoms with E-state index in [0.29, 0.717) is 0 Å². The van der Waals surface area contributed by atoms with Gasteiger partial charge in [-0.05, 0) is 174 Å². The molecule has 0 spiro atoms. The maximum atomic E-state index is 2.68. The van der Waals surface area contributed by atoms with Crippen LogP contribution in [0.15, 0.2) is 303 Å². The number of nitrogens with zero attached hydrogens (tertiary/aromatic N) is 4. The first-order chi connectivity index (χ1) is 45.1. The normalized spacial score (nSPS) is 12.9. The number of hydrogen-bond donors (Lipinski definition) is 0. The highest BCUT2D eigenvalue weighted by Crippen LogP contribution is 2.52. The molecule has 93 heavy (non-hydrogen) atoms. The molecular formula is C86H77BN4SSi. The standard InChI is InChI=1S/C86H77BN4SSi/c1-84(2,3)60-44-49-66(50-45-60)88(67-51-46-61(47-52-67)85(4,5)6)68-53-54-74-77(57-68)91(76-43-29-28-42-75(76)89(63-30-16-10-17-31-63)64-32-18-11-19-33-64)79-59-72(93(69-36-22-13-23-37-69,70-38-24-14-25-39-70)71-40-26-15-27-41-71)58-78-81(79)87(74)83-82(90(78)65-34-20-12-21-35-65)73-56-62(86(7,8)9)48-55-80(73)92-83/h10-59H,1-9H3. The molecule has 0 aliphatic carbocycles. The molecule has 0 unspecified atom stereocenters. The topological polar surface area (TPSA) is 13.0 Å². The Hall–Kier alpha value is -9.92. The quantitative estimate of drug-likeness (QED) is 0.0893. The number of fused-ring (bicyclic) bond motifs is 6. The Morgan fingerprint density at radius 1 is 0.333 bits per heavy atom. The van der Waals surface area contributed by atoms with Crippen molar-refractivity contribution in [1.82, 2.24) is 0 Å². The molecule has 12 aromatic carbocycles. The molecule has 0 fully saturated rings. The molecular weight excluding hydrogens is 1160 g/mol. The van der Waals surface area contributed by atoms with Crippen LogP contribution in [0.2, 0.25) is 0 Å². The van der Waals surface area contributed by atoms with Crippen LogP contribution in [-0.4, -0.2) is 14.8 Å². The van der Waals surface area contributed by atoms with Gasteiger partial charge in [-0.3, -0.25) is 0 Å². The molecule has 454 valence electrons. The third-order valence-electron chi connectivity index (χ3n) is 19.2. The Bertz CT molecular complexity index is 4650. The summed E-state index contributed by atoms with van der Waals surface area (Å²) >= 11 is 1.96. The molecule has 0 saturated heterocycles.